The molecule has 0 saturated heterocycles. The summed E-state index contributed by atoms with van der Waals surface area (Å²) < 4.78 is 5.76. The maximum Gasteiger partial charge on any atom is 0.318 e. The lowest BCUT2D eigenvalue weighted by Gasteiger charge is -2.50. The summed E-state index contributed by atoms with van der Waals surface area (Å²) in [5.41, 5.74) is 1.03. The molecule has 2 aromatic rings. The van der Waals surface area contributed by atoms with Gasteiger partial charge < -0.3 is 14.7 Å². The summed E-state index contributed by atoms with van der Waals surface area (Å²) >= 11 is 0. The predicted octanol–water partition coefficient (Wildman–Crippen LogP) is 4.97. The third-order valence-electron chi connectivity index (χ3n) is 7.65. The molecular formula is C27H35NO3. The molecule has 0 radical (unpaired) electrons. The second kappa shape index (κ2) is 8.40. The number of benzene rings is 2. The molecule has 4 rings (SSSR count). The molecule has 4 heteroatoms. The molecule has 0 aliphatic heterocycles. The first kappa shape index (κ1) is 22.0. The molecule has 0 aromatic heterocycles. The zero-order chi connectivity index (χ0) is 22.2. The first-order chi connectivity index (χ1) is 14.7. The van der Waals surface area contributed by atoms with Crippen LogP contribution in [0.25, 0.3) is 0 Å². The van der Waals surface area contributed by atoms with E-state index in [0.29, 0.717) is 11.7 Å². The van der Waals surface area contributed by atoms with Crippen LogP contribution in [0.5, 0.6) is 5.75 Å². The molecule has 2 fully saturated rings. The van der Waals surface area contributed by atoms with E-state index < -0.39 is 5.60 Å². The molecule has 2 saturated carbocycles. The van der Waals surface area contributed by atoms with Gasteiger partial charge in [-0.05, 0) is 81.3 Å². The lowest BCUT2D eigenvalue weighted by atomic mass is 9.59. The van der Waals surface area contributed by atoms with E-state index in [2.05, 4.69) is 25.9 Å². The molecule has 2 aliphatic carbocycles. The third kappa shape index (κ3) is 4.28. The fraction of sp³-hybridized carbons (Fsp3) is 0.519. The number of carbonyl (C=O) groups is 1. The van der Waals surface area contributed by atoms with E-state index in [4.69, 9.17) is 4.74 Å². The Bertz CT molecular complexity index is 927. The molecule has 5 atom stereocenters. The van der Waals surface area contributed by atoms with E-state index in [1.165, 1.54) is 19.3 Å². The van der Waals surface area contributed by atoms with Crippen molar-refractivity contribution in [3.8, 4) is 5.75 Å². The lowest BCUT2D eigenvalue weighted by Crippen LogP contribution is -2.51. The van der Waals surface area contributed by atoms with Crippen molar-refractivity contribution in [1.82, 2.24) is 4.90 Å². The number of hydrogen-bond acceptors (Lipinski definition) is 4. The van der Waals surface area contributed by atoms with E-state index in [-0.39, 0.29) is 23.2 Å². The second-order valence-electron chi connectivity index (χ2n) is 10.3. The van der Waals surface area contributed by atoms with Gasteiger partial charge in [-0.3, -0.25) is 4.79 Å². The zero-order valence-corrected chi connectivity index (χ0v) is 19.2. The van der Waals surface area contributed by atoms with Crippen molar-refractivity contribution in [3.63, 3.8) is 0 Å². The Morgan fingerprint density at radius 3 is 2.61 bits per heavy atom. The van der Waals surface area contributed by atoms with Gasteiger partial charge in [0.25, 0.3) is 0 Å². The minimum Gasteiger partial charge on any atom is -0.426 e. The number of hydrogen-bond donors (Lipinski definition) is 1. The van der Waals surface area contributed by atoms with E-state index in [9.17, 15) is 9.90 Å². The van der Waals surface area contributed by atoms with Crippen LogP contribution in [0.2, 0.25) is 0 Å². The van der Waals surface area contributed by atoms with Gasteiger partial charge in [0.1, 0.15) is 5.75 Å². The Balaban J connectivity index is 1.60. The van der Waals surface area contributed by atoms with Gasteiger partial charge in [0, 0.05) is 12.5 Å². The van der Waals surface area contributed by atoms with Gasteiger partial charge in [0.15, 0.2) is 0 Å². The van der Waals surface area contributed by atoms with Crippen molar-refractivity contribution in [2.45, 2.75) is 51.0 Å². The van der Waals surface area contributed by atoms with Crippen LogP contribution < -0.4 is 4.74 Å². The van der Waals surface area contributed by atoms with E-state index in [0.717, 1.165) is 24.1 Å². The van der Waals surface area contributed by atoms with Crippen molar-refractivity contribution in [2.24, 2.45) is 17.3 Å². The molecule has 4 nitrogen and oxygen atoms in total. The quantitative estimate of drug-likeness (QED) is 0.528. The summed E-state index contributed by atoms with van der Waals surface area (Å²) in [5, 5.41) is 12.1. The lowest BCUT2D eigenvalue weighted by molar-refractivity contribution is -0.135. The largest absolute Gasteiger partial charge is 0.426 e. The molecule has 1 N–H and O–H groups in total. The van der Waals surface area contributed by atoms with Gasteiger partial charge in [0.2, 0.25) is 0 Å². The summed E-state index contributed by atoms with van der Waals surface area (Å²) in [7, 11) is 4.15. The second-order valence-corrected chi connectivity index (χ2v) is 10.3. The highest BCUT2D eigenvalue weighted by Gasteiger charge is 2.57. The number of carbonyl (C=O) groups excluding carboxylic acids is 1. The molecule has 2 aromatic carbocycles. The standard InChI is InChI=1S/C27H35NO3/c1-19(21-9-6-5-7-10-21)25(29)31-23-12-8-11-22(15-23)27(30)17-20-13-14-26(2,16-20)24(27)18-28(3)4/h5-12,15,19-20,24,30H,13-14,16-18H2,1-4H3. The zero-order valence-electron chi connectivity index (χ0n) is 19.2. The first-order valence-corrected chi connectivity index (χ1v) is 11.5. The van der Waals surface area contributed by atoms with Crippen LogP contribution in [-0.2, 0) is 10.4 Å². The fourth-order valence-corrected chi connectivity index (χ4v) is 6.01. The van der Waals surface area contributed by atoms with Crippen LogP contribution in [0.15, 0.2) is 54.6 Å². The molecule has 166 valence electrons. The number of aliphatic hydroxyl groups is 1. The number of esters is 1. The SMILES string of the molecule is CC(C(=O)Oc1cccc(C2(O)CC3CCC(C)(C3)C2CN(C)C)c1)c1ccccc1. The number of fused-ring (bicyclic) bond motifs is 2. The Labute approximate surface area is 186 Å². The van der Waals surface area contributed by atoms with E-state index in [1.54, 1.807) is 0 Å². The summed E-state index contributed by atoms with van der Waals surface area (Å²) in [4.78, 5) is 14.9. The normalized spacial score (nSPS) is 30.9. The minimum atomic E-state index is -0.911. The molecule has 5 unspecified atom stereocenters. The van der Waals surface area contributed by atoms with E-state index in [1.807, 2.05) is 61.5 Å². The Morgan fingerprint density at radius 2 is 1.90 bits per heavy atom. The molecule has 0 heterocycles. The van der Waals surface area contributed by atoms with Crippen molar-refractivity contribution < 1.29 is 14.6 Å². The van der Waals surface area contributed by atoms with Crippen LogP contribution >= 0.6 is 0 Å². The summed E-state index contributed by atoms with van der Waals surface area (Å²) in [6, 6.07) is 17.3. The van der Waals surface area contributed by atoms with E-state index >= 15 is 0 Å². The highest BCUT2D eigenvalue weighted by atomic mass is 16.5. The van der Waals surface area contributed by atoms with Crippen LogP contribution in [0, 0.1) is 17.3 Å². The molecule has 2 bridgehead atoms. The maximum absolute atomic E-state index is 12.8. The monoisotopic (exact) mass is 421 g/mol. The van der Waals surface area contributed by atoms with Crippen LogP contribution in [0.4, 0.5) is 0 Å². The highest BCUT2D eigenvalue weighted by Crippen LogP contribution is 2.61. The maximum atomic E-state index is 12.8. The van der Waals surface area contributed by atoms with Gasteiger partial charge >= 0.3 is 5.97 Å². The van der Waals surface area contributed by atoms with Crippen molar-refractivity contribution in [2.75, 3.05) is 20.6 Å². The number of ether oxygens (including phenoxy) is 1. The molecule has 2 aliphatic rings. The Kier molecular flexibility index (Phi) is 5.97. The van der Waals surface area contributed by atoms with Crippen LogP contribution in [-0.4, -0.2) is 36.6 Å². The minimum absolute atomic E-state index is 0.135. The van der Waals surface area contributed by atoms with Gasteiger partial charge in [-0.1, -0.05) is 49.4 Å². The first-order valence-electron chi connectivity index (χ1n) is 11.5. The van der Waals surface area contributed by atoms with Crippen molar-refractivity contribution >= 4 is 5.97 Å². The van der Waals surface area contributed by atoms with Gasteiger partial charge in [0.05, 0.1) is 11.5 Å². The predicted molar refractivity (Wildman–Crippen MR) is 123 cm³/mol. The van der Waals surface area contributed by atoms with Gasteiger partial charge in [-0.25, -0.2) is 0 Å². The topological polar surface area (TPSA) is 49.8 Å². The number of nitrogens with zero attached hydrogens (tertiary/aromatic N) is 1. The van der Waals surface area contributed by atoms with Crippen molar-refractivity contribution in [1.29, 1.82) is 0 Å². The summed E-state index contributed by atoms with van der Waals surface area (Å²) in [6.45, 7) is 5.05. The Morgan fingerprint density at radius 1 is 1.16 bits per heavy atom. The van der Waals surface area contributed by atoms with Crippen molar-refractivity contribution in [3.05, 3.63) is 65.7 Å². The highest BCUT2D eigenvalue weighted by molar-refractivity contribution is 5.79. The fourth-order valence-electron chi connectivity index (χ4n) is 6.01. The van der Waals surface area contributed by atoms with Crippen LogP contribution in [0.3, 0.4) is 0 Å². The molecular weight excluding hydrogens is 386 g/mol. The summed E-state index contributed by atoms with van der Waals surface area (Å²) in [5.74, 6) is 0.570. The third-order valence-corrected chi connectivity index (χ3v) is 7.65. The molecule has 0 spiro atoms. The Hall–Kier alpha value is -2.17. The average molecular weight is 422 g/mol. The van der Waals surface area contributed by atoms with Gasteiger partial charge in [-0.2, -0.15) is 0 Å². The smallest absolute Gasteiger partial charge is 0.318 e. The molecule has 0 amide bonds. The summed E-state index contributed by atoms with van der Waals surface area (Å²) in [6.07, 6.45) is 4.32. The number of rotatable bonds is 6. The van der Waals surface area contributed by atoms with Crippen LogP contribution in [0.1, 0.15) is 56.6 Å². The van der Waals surface area contributed by atoms with Gasteiger partial charge in [-0.15, -0.1) is 0 Å². The molecule has 31 heavy (non-hydrogen) atoms. The average Bonchev–Trinajstić information content (AvgIpc) is 3.08.